The van der Waals surface area contributed by atoms with E-state index in [1.807, 2.05) is 0 Å². The second kappa shape index (κ2) is 10.0. The van der Waals surface area contributed by atoms with E-state index in [1.165, 1.54) is 20.3 Å². The molecule has 0 aromatic heterocycles. The summed E-state index contributed by atoms with van der Waals surface area (Å²) in [5, 5.41) is 8.31. The van der Waals surface area contributed by atoms with Crippen molar-refractivity contribution in [3.05, 3.63) is 64.1 Å². The van der Waals surface area contributed by atoms with Crippen LogP contribution in [0.15, 0.2) is 47.4 Å². The summed E-state index contributed by atoms with van der Waals surface area (Å²) in [7, 11) is 2.68. The lowest BCUT2D eigenvalue weighted by molar-refractivity contribution is -0.139. The fourth-order valence-electron chi connectivity index (χ4n) is 2.92. The Labute approximate surface area is 187 Å². The number of nitrogens with zero attached hydrogens (tertiary/aromatic N) is 1. The number of esters is 1. The van der Waals surface area contributed by atoms with Crippen molar-refractivity contribution in [2.75, 3.05) is 20.8 Å². The van der Waals surface area contributed by atoms with Crippen molar-refractivity contribution in [1.82, 2.24) is 4.90 Å². The summed E-state index contributed by atoms with van der Waals surface area (Å²) >= 11 is 0.800. The van der Waals surface area contributed by atoms with Crippen molar-refractivity contribution >= 4 is 40.9 Å². The third-order valence-corrected chi connectivity index (χ3v) is 5.31. The van der Waals surface area contributed by atoms with E-state index in [0.717, 1.165) is 16.7 Å². The Balaban J connectivity index is 1.78. The summed E-state index contributed by atoms with van der Waals surface area (Å²) in [5.74, 6) is -1.56. The number of ether oxygens (including phenoxy) is 3. The topological polar surface area (TPSA) is 119 Å². The molecular weight excluding hydrogens is 438 g/mol. The third kappa shape index (κ3) is 5.27. The molecule has 2 aromatic rings. The van der Waals surface area contributed by atoms with Crippen LogP contribution < -0.4 is 9.47 Å². The van der Waals surface area contributed by atoms with E-state index in [9.17, 15) is 19.2 Å². The van der Waals surface area contributed by atoms with Crippen LogP contribution in [0.25, 0.3) is 6.08 Å². The van der Waals surface area contributed by atoms with Crippen LogP contribution >= 0.6 is 11.8 Å². The number of benzene rings is 2. The van der Waals surface area contributed by atoms with E-state index in [1.54, 1.807) is 42.5 Å². The number of hydrogen-bond acceptors (Lipinski definition) is 8. The average molecular weight is 457 g/mol. The lowest BCUT2D eigenvalue weighted by atomic mass is 10.1. The predicted octanol–water partition coefficient (Wildman–Crippen LogP) is 3.18. The average Bonchev–Trinajstić information content (AvgIpc) is 3.04. The number of aliphatic carboxylic acids is 1. The molecule has 32 heavy (non-hydrogen) atoms. The van der Waals surface area contributed by atoms with Crippen molar-refractivity contribution in [2.24, 2.45) is 0 Å². The third-order valence-electron chi connectivity index (χ3n) is 4.40. The Morgan fingerprint density at radius 3 is 2.56 bits per heavy atom. The standard InChI is InChI=1S/C22H19NO8S/c1-29-17-9-13(6-7-16(17)31-12-19(24)25)10-18-20(26)23(22(28)32-18)11-14-4-3-5-15(8-14)21(27)30-2/h3-10H,11-12H2,1-2H3,(H,24,25). The first-order chi connectivity index (χ1) is 15.3. The summed E-state index contributed by atoms with van der Waals surface area (Å²) in [6.07, 6.45) is 1.54. The molecule has 0 atom stereocenters. The molecule has 0 saturated carbocycles. The number of thioether (sulfide) groups is 1. The number of carbonyl (C=O) groups excluding carboxylic acids is 3. The molecule has 1 heterocycles. The molecule has 10 heteroatoms. The van der Waals surface area contributed by atoms with Gasteiger partial charge in [0.25, 0.3) is 11.1 Å². The van der Waals surface area contributed by atoms with Crippen LogP contribution in [0.5, 0.6) is 11.5 Å². The first kappa shape index (κ1) is 22.9. The lowest BCUT2D eigenvalue weighted by Gasteiger charge is -2.13. The van der Waals surface area contributed by atoms with Crippen molar-refractivity contribution in [3.8, 4) is 11.5 Å². The molecule has 1 aliphatic rings. The quantitative estimate of drug-likeness (QED) is 0.471. The Morgan fingerprint density at radius 2 is 1.88 bits per heavy atom. The molecular formula is C22H19NO8S. The van der Waals surface area contributed by atoms with Crippen LogP contribution in [0.2, 0.25) is 0 Å². The van der Waals surface area contributed by atoms with Gasteiger partial charge in [-0.1, -0.05) is 18.2 Å². The molecule has 2 aromatic carbocycles. The highest BCUT2D eigenvalue weighted by Crippen LogP contribution is 2.35. The summed E-state index contributed by atoms with van der Waals surface area (Å²) in [6.45, 7) is -0.510. The van der Waals surface area contributed by atoms with E-state index in [0.29, 0.717) is 22.4 Å². The normalized spacial score (nSPS) is 14.6. The number of imide groups is 1. The minimum atomic E-state index is -1.12. The van der Waals surface area contributed by atoms with Gasteiger partial charge in [-0.15, -0.1) is 0 Å². The molecule has 0 spiro atoms. The van der Waals surface area contributed by atoms with Crippen molar-refractivity contribution in [3.63, 3.8) is 0 Å². The van der Waals surface area contributed by atoms with Gasteiger partial charge in [-0.05, 0) is 53.2 Å². The number of carbonyl (C=O) groups is 4. The smallest absolute Gasteiger partial charge is 0.341 e. The van der Waals surface area contributed by atoms with E-state index in [-0.39, 0.29) is 17.2 Å². The summed E-state index contributed by atoms with van der Waals surface area (Å²) in [6, 6.07) is 11.2. The Kier molecular flexibility index (Phi) is 7.16. The van der Waals surface area contributed by atoms with Gasteiger partial charge >= 0.3 is 11.9 Å². The van der Waals surface area contributed by atoms with E-state index in [4.69, 9.17) is 19.3 Å². The van der Waals surface area contributed by atoms with Gasteiger partial charge < -0.3 is 19.3 Å². The molecule has 0 aliphatic carbocycles. The second-order valence-electron chi connectivity index (χ2n) is 6.55. The van der Waals surface area contributed by atoms with Crippen LogP contribution in [0.1, 0.15) is 21.5 Å². The van der Waals surface area contributed by atoms with Gasteiger partial charge in [0.1, 0.15) is 0 Å². The van der Waals surface area contributed by atoms with Crippen LogP contribution in [0.4, 0.5) is 4.79 Å². The fourth-order valence-corrected chi connectivity index (χ4v) is 3.76. The fraction of sp³-hybridized carbons (Fsp3) is 0.182. The molecule has 1 fully saturated rings. The van der Waals surface area contributed by atoms with Gasteiger partial charge in [-0.25, -0.2) is 9.59 Å². The van der Waals surface area contributed by atoms with E-state index in [2.05, 4.69) is 0 Å². The summed E-state index contributed by atoms with van der Waals surface area (Å²) in [5.41, 5.74) is 1.51. The van der Waals surface area contributed by atoms with Gasteiger partial charge in [-0.3, -0.25) is 14.5 Å². The second-order valence-corrected chi connectivity index (χ2v) is 7.55. The van der Waals surface area contributed by atoms with Gasteiger partial charge in [0.2, 0.25) is 0 Å². The minimum absolute atomic E-state index is 0.0120. The lowest BCUT2D eigenvalue weighted by Crippen LogP contribution is -2.27. The molecule has 9 nitrogen and oxygen atoms in total. The maximum Gasteiger partial charge on any atom is 0.341 e. The van der Waals surface area contributed by atoms with Crippen LogP contribution in [0.3, 0.4) is 0 Å². The zero-order valence-electron chi connectivity index (χ0n) is 17.2. The first-order valence-electron chi connectivity index (χ1n) is 9.27. The Bertz CT molecular complexity index is 1110. The number of rotatable bonds is 8. The van der Waals surface area contributed by atoms with Crippen molar-refractivity contribution in [1.29, 1.82) is 0 Å². The highest BCUT2D eigenvalue weighted by Gasteiger charge is 2.35. The van der Waals surface area contributed by atoms with Gasteiger partial charge in [0.05, 0.1) is 31.2 Å². The number of carboxylic acids is 1. The molecule has 3 rings (SSSR count). The van der Waals surface area contributed by atoms with Crippen LogP contribution in [0, 0.1) is 0 Å². The molecule has 166 valence electrons. The molecule has 0 radical (unpaired) electrons. The highest BCUT2D eigenvalue weighted by atomic mass is 32.2. The van der Waals surface area contributed by atoms with Crippen LogP contribution in [-0.4, -0.2) is 53.9 Å². The van der Waals surface area contributed by atoms with Crippen molar-refractivity contribution in [2.45, 2.75) is 6.54 Å². The predicted molar refractivity (Wildman–Crippen MR) is 115 cm³/mol. The molecule has 1 aliphatic heterocycles. The largest absolute Gasteiger partial charge is 0.493 e. The van der Waals surface area contributed by atoms with Crippen molar-refractivity contribution < 1.29 is 38.5 Å². The molecule has 2 amide bonds. The highest BCUT2D eigenvalue weighted by molar-refractivity contribution is 8.18. The maximum absolute atomic E-state index is 12.8. The zero-order chi connectivity index (χ0) is 23.3. The monoisotopic (exact) mass is 457 g/mol. The zero-order valence-corrected chi connectivity index (χ0v) is 18.0. The maximum atomic E-state index is 12.8. The Morgan fingerprint density at radius 1 is 1.09 bits per heavy atom. The first-order valence-corrected chi connectivity index (χ1v) is 10.1. The van der Waals surface area contributed by atoms with Gasteiger partial charge in [-0.2, -0.15) is 0 Å². The van der Waals surface area contributed by atoms with E-state index < -0.39 is 29.7 Å². The molecule has 0 unspecified atom stereocenters. The SMILES string of the molecule is COC(=O)c1cccc(CN2C(=O)SC(=Cc3ccc(OCC(=O)O)c(OC)c3)C2=O)c1. The van der Waals surface area contributed by atoms with Gasteiger partial charge in [0, 0.05) is 0 Å². The number of methoxy groups -OCH3 is 2. The summed E-state index contributed by atoms with van der Waals surface area (Å²) in [4.78, 5) is 48.9. The Hall–Kier alpha value is -3.79. The number of amides is 2. The van der Waals surface area contributed by atoms with Crippen LogP contribution in [-0.2, 0) is 20.9 Å². The molecule has 1 saturated heterocycles. The van der Waals surface area contributed by atoms with Gasteiger partial charge in [0.15, 0.2) is 18.1 Å². The van der Waals surface area contributed by atoms with E-state index >= 15 is 0 Å². The molecule has 0 bridgehead atoms. The summed E-state index contributed by atoms with van der Waals surface area (Å²) < 4.78 is 15.1. The molecule has 1 N–H and O–H groups in total. The number of hydrogen-bond donors (Lipinski definition) is 1. The minimum Gasteiger partial charge on any atom is -0.493 e. The number of carboxylic acid groups (broad SMARTS) is 1.